The van der Waals surface area contributed by atoms with Crippen LogP contribution in [0, 0.1) is 0 Å². The highest BCUT2D eigenvalue weighted by Crippen LogP contribution is 2.41. The lowest BCUT2D eigenvalue weighted by Crippen LogP contribution is -2.59. The van der Waals surface area contributed by atoms with E-state index < -0.39 is 0 Å². The predicted molar refractivity (Wildman–Crippen MR) is 99.5 cm³/mol. The molecule has 1 heteroatoms. The lowest BCUT2D eigenvalue weighted by atomic mass is 9.90. The van der Waals surface area contributed by atoms with Crippen LogP contribution in [0.25, 0.3) is 0 Å². The third kappa shape index (κ3) is 2.88. The van der Waals surface area contributed by atoms with Gasteiger partial charge in [0.15, 0.2) is 0 Å². The molecule has 24 heavy (non-hydrogen) atoms. The molecular formula is C23H24N+. The van der Waals surface area contributed by atoms with Gasteiger partial charge in [0.2, 0.25) is 0 Å². The molecule has 0 aliphatic carbocycles. The van der Waals surface area contributed by atoms with Crippen molar-refractivity contribution in [1.82, 2.24) is 0 Å². The van der Waals surface area contributed by atoms with E-state index in [2.05, 4.69) is 91.0 Å². The average Bonchev–Trinajstić information content (AvgIpc) is 2.62. The normalized spacial score (nSPS) is 15.9. The number of hydrogen-bond acceptors (Lipinski definition) is 0. The first kappa shape index (κ1) is 15.2. The summed E-state index contributed by atoms with van der Waals surface area (Å²) in [6.45, 7) is 3.61. The molecule has 0 bridgehead atoms. The highest BCUT2D eigenvalue weighted by Gasteiger charge is 2.44. The van der Waals surface area contributed by atoms with Gasteiger partial charge in [-0.05, 0) is 0 Å². The Morgan fingerprint density at radius 1 is 0.625 bits per heavy atom. The van der Waals surface area contributed by atoms with E-state index in [9.17, 15) is 0 Å². The van der Waals surface area contributed by atoms with E-state index in [0.717, 1.165) is 11.0 Å². The Labute approximate surface area is 144 Å². The van der Waals surface area contributed by atoms with E-state index in [1.807, 2.05) is 0 Å². The fourth-order valence-electron chi connectivity index (χ4n) is 4.11. The van der Waals surface area contributed by atoms with E-state index in [-0.39, 0.29) is 0 Å². The van der Waals surface area contributed by atoms with Gasteiger partial charge in [0, 0.05) is 23.1 Å². The minimum absolute atomic E-state index is 0.418. The van der Waals surface area contributed by atoms with Crippen molar-refractivity contribution in [3.8, 4) is 0 Å². The molecule has 0 unspecified atom stereocenters. The summed E-state index contributed by atoms with van der Waals surface area (Å²) in [5.41, 5.74) is 4.30. The fraction of sp³-hybridized carbons (Fsp3) is 0.217. The van der Waals surface area contributed by atoms with Crippen molar-refractivity contribution in [3.63, 3.8) is 0 Å². The zero-order chi connectivity index (χ0) is 16.2. The Kier molecular flexibility index (Phi) is 4.18. The van der Waals surface area contributed by atoms with Crippen LogP contribution in [0.2, 0.25) is 0 Å². The van der Waals surface area contributed by atoms with E-state index in [0.29, 0.717) is 6.04 Å². The van der Waals surface area contributed by atoms with Crippen LogP contribution in [0.5, 0.6) is 0 Å². The summed E-state index contributed by atoms with van der Waals surface area (Å²) in [6.07, 6.45) is 1.32. The number of nitrogens with zero attached hydrogens (tertiary/aromatic N) is 1. The smallest absolute Gasteiger partial charge is 0.141 e. The first-order valence-electron chi connectivity index (χ1n) is 8.87. The number of rotatable bonds is 5. The molecule has 1 nitrogen and oxygen atoms in total. The summed E-state index contributed by atoms with van der Waals surface area (Å²) in [7, 11) is 0. The fourth-order valence-corrected chi connectivity index (χ4v) is 4.11. The summed E-state index contributed by atoms with van der Waals surface area (Å²) in [5.74, 6) is 0. The molecule has 0 saturated carbocycles. The summed E-state index contributed by atoms with van der Waals surface area (Å²) in [5, 5.41) is 0. The van der Waals surface area contributed by atoms with Crippen molar-refractivity contribution < 1.29 is 4.48 Å². The Hall–Kier alpha value is -2.38. The van der Waals surface area contributed by atoms with Crippen molar-refractivity contribution >= 4 is 0 Å². The van der Waals surface area contributed by atoms with Gasteiger partial charge in [0.05, 0.1) is 13.1 Å². The van der Waals surface area contributed by atoms with Crippen molar-refractivity contribution in [3.05, 3.63) is 108 Å². The van der Waals surface area contributed by atoms with Crippen LogP contribution in [0.15, 0.2) is 91.0 Å². The molecule has 120 valence electrons. The Morgan fingerprint density at radius 2 is 1.08 bits per heavy atom. The number of quaternary nitrogens is 1. The minimum atomic E-state index is 0.418. The molecule has 0 aromatic heterocycles. The largest absolute Gasteiger partial charge is 0.310 e. The molecule has 3 aromatic rings. The van der Waals surface area contributed by atoms with Gasteiger partial charge in [0.25, 0.3) is 0 Å². The highest BCUT2D eigenvalue weighted by atomic mass is 15.4. The van der Waals surface area contributed by atoms with Crippen LogP contribution >= 0.6 is 0 Å². The van der Waals surface area contributed by atoms with E-state index >= 15 is 0 Å². The molecule has 1 heterocycles. The van der Waals surface area contributed by atoms with Gasteiger partial charge >= 0.3 is 0 Å². The predicted octanol–water partition coefficient (Wildman–Crippen LogP) is 5.20. The van der Waals surface area contributed by atoms with Crippen LogP contribution in [0.3, 0.4) is 0 Å². The van der Waals surface area contributed by atoms with Gasteiger partial charge in [-0.2, -0.15) is 0 Å². The maximum Gasteiger partial charge on any atom is 0.141 e. The standard InChI is InChI=1S/C23H24N/c1-4-11-20(12-5-1)19-24(17-10-18-24)23(21-13-6-2-7-14-21)22-15-8-3-9-16-22/h1-9,11-16,23H,10,17-19H2/q+1. The van der Waals surface area contributed by atoms with Crippen LogP contribution in [0.1, 0.15) is 29.2 Å². The summed E-state index contributed by atoms with van der Waals surface area (Å²) >= 11 is 0. The lowest BCUT2D eigenvalue weighted by molar-refractivity contribution is -0.998. The summed E-state index contributed by atoms with van der Waals surface area (Å²) in [6, 6.07) is 33.5. The van der Waals surface area contributed by atoms with Crippen molar-refractivity contribution in [2.75, 3.05) is 13.1 Å². The van der Waals surface area contributed by atoms with Crippen LogP contribution in [-0.4, -0.2) is 17.6 Å². The SMILES string of the molecule is c1ccc(C[N+]2(C(c3ccccc3)c3ccccc3)CCC2)cc1. The van der Waals surface area contributed by atoms with E-state index in [4.69, 9.17) is 0 Å². The van der Waals surface area contributed by atoms with Crippen LogP contribution < -0.4 is 0 Å². The average molecular weight is 314 g/mol. The second-order valence-electron chi connectivity index (χ2n) is 6.89. The topological polar surface area (TPSA) is 0 Å². The zero-order valence-electron chi connectivity index (χ0n) is 14.0. The monoisotopic (exact) mass is 314 g/mol. The minimum Gasteiger partial charge on any atom is -0.310 e. The van der Waals surface area contributed by atoms with E-state index in [1.165, 1.54) is 36.2 Å². The number of benzene rings is 3. The van der Waals surface area contributed by atoms with Gasteiger partial charge in [0.1, 0.15) is 12.6 Å². The van der Waals surface area contributed by atoms with Crippen LogP contribution in [-0.2, 0) is 6.54 Å². The molecule has 0 radical (unpaired) electrons. The zero-order valence-corrected chi connectivity index (χ0v) is 14.0. The van der Waals surface area contributed by atoms with E-state index in [1.54, 1.807) is 0 Å². The number of likely N-dealkylation sites (tertiary alicyclic amines) is 1. The quantitative estimate of drug-likeness (QED) is 0.568. The molecule has 1 saturated heterocycles. The van der Waals surface area contributed by atoms with Gasteiger partial charge in [-0.1, -0.05) is 91.0 Å². The maximum atomic E-state index is 2.29. The first-order valence-corrected chi connectivity index (χ1v) is 8.87. The highest BCUT2D eigenvalue weighted by molar-refractivity contribution is 5.30. The van der Waals surface area contributed by atoms with Gasteiger partial charge < -0.3 is 4.48 Å². The van der Waals surface area contributed by atoms with Crippen molar-refractivity contribution in [2.45, 2.75) is 19.0 Å². The van der Waals surface area contributed by atoms with Gasteiger partial charge in [-0.3, -0.25) is 0 Å². The molecule has 1 aliphatic heterocycles. The number of hydrogen-bond donors (Lipinski definition) is 0. The van der Waals surface area contributed by atoms with Crippen molar-refractivity contribution in [1.29, 1.82) is 0 Å². The molecule has 1 fully saturated rings. The second-order valence-corrected chi connectivity index (χ2v) is 6.89. The van der Waals surface area contributed by atoms with Crippen LogP contribution in [0.4, 0.5) is 0 Å². The maximum absolute atomic E-state index is 2.29. The third-order valence-corrected chi connectivity index (χ3v) is 5.33. The third-order valence-electron chi connectivity index (χ3n) is 5.33. The molecule has 0 atom stereocenters. The molecule has 0 N–H and O–H groups in total. The summed E-state index contributed by atoms with van der Waals surface area (Å²) < 4.78 is 1.14. The molecule has 0 spiro atoms. The Morgan fingerprint density at radius 3 is 1.50 bits per heavy atom. The Balaban J connectivity index is 1.77. The molecule has 3 aromatic carbocycles. The lowest BCUT2D eigenvalue weighted by Gasteiger charge is -2.51. The molecule has 1 aliphatic rings. The van der Waals surface area contributed by atoms with Gasteiger partial charge in [-0.25, -0.2) is 0 Å². The van der Waals surface area contributed by atoms with Crippen molar-refractivity contribution in [2.24, 2.45) is 0 Å². The Bertz CT molecular complexity index is 721. The molecular weight excluding hydrogens is 290 g/mol. The molecule has 0 amide bonds. The van der Waals surface area contributed by atoms with Gasteiger partial charge in [-0.15, -0.1) is 0 Å². The molecule has 4 rings (SSSR count). The summed E-state index contributed by atoms with van der Waals surface area (Å²) in [4.78, 5) is 0. The first-order chi connectivity index (χ1) is 11.9. The second kappa shape index (κ2) is 6.62.